The molecule has 0 aliphatic carbocycles. The van der Waals surface area contributed by atoms with E-state index in [1.165, 1.54) is 11.8 Å². The van der Waals surface area contributed by atoms with Crippen LogP contribution in [0.5, 0.6) is 0 Å². The SMILES string of the molecule is CCN(Cc1ccccn1)C(=O)NC(C)(CC)C(=O)O. The van der Waals surface area contributed by atoms with Crippen LogP contribution < -0.4 is 5.32 Å². The van der Waals surface area contributed by atoms with Crippen molar-refractivity contribution in [1.82, 2.24) is 15.2 Å². The lowest BCUT2D eigenvalue weighted by atomic mass is 10.00. The Bertz CT molecular complexity index is 464. The lowest BCUT2D eigenvalue weighted by Crippen LogP contribution is -2.55. The summed E-state index contributed by atoms with van der Waals surface area (Å²) in [5.41, 5.74) is -0.493. The smallest absolute Gasteiger partial charge is 0.329 e. The third-order valence-electron chi connectivity index (χ3n) is 3.31. The molecule has 1 atom stereocenters. The van der Waals surface area contributed by atoms with Gasteiger partial charge in [-0.1, -0.05) is 13.0 Å². The quantitative estimate of drug-likeness (QED) is 0.832. The average molecular weight is 279 g/mol. The van der Waals surface area contributed by atoms with Crippen molar-refractivity contribution in [2.24, 2.45) is 0 Å². The van der Waals surface area contributed by atoms with Crippen LogP contribution in [0.15, 0.2) is 24.4 Å². The van der Waals surface area contributed by atoms with E-state index in [1.807, 2.05) is 19.1 Å². The lowest BCUT2D eigenvalue weighted by molar-refractivity contribution is -0.143. The summed E-state index contributed by atoms with van der Waals surface area (Å²) in [6, 6.07) is 5.08. The molecule has 0 bridgehead atoms. The third-order valence-corrected chi connectivity index (χ3v) is 3.31. The van der Waals surface area contributed by atoms with Gasteiger partial charge in [0.05, 0.1) is 12.2 Å². The standard InChI is InChI=1S/C14H21N3O3/c1-4-14(3,12(18)19)16-13(20)17(5-2)10-11-8-6-7-9-15-11/h6-9H,4-5,10H2,1-3H3,(H,16,20)(H,18,19). The van der Waals surface area contributed by atoms with E-state index < -0.39 is 17.5 Å². The van der Waals surface area contributed by atoms with Gasteiger partial charge in [0.25, 0.3) is 0 Å². The molecule has 2 N–H and O–H groups in total. The largest absolute Gasteiger partial charge is 0.480 e. The van der Waals surface area contributed by atoms with E-state index in [2.05, 4.69) is 10.3 Å². The number of carboxylic acids is 1. The monoisotopic (exact) mass is 279 g/mol. The first-order valence-corrected chi connectivity index (χ1v) is 6.63. The van der Waals surface area contributed by atoms with Gasteiger partial charge < -0.3 is 15.3 Å². The van der Waals surface area contributed by atoms with Gasteiger partial charge in [0.15, 0.2) is 0 Å². The van der Waals surface area contributed by atoms with E-state index in [4.69, 9.17) is 0 Å². The predicted octanol–water partition coefficient (Wildman–Crippen LogP) is 1.87. The van der Waals surface area contributed by atoms with Crippen LogP contribution in [-0.4, -0.2) is 39.1 Å². The van der Waals surface area contributed by atoms with Crippen LogP contribution >= 0.6 is 0 Å². The Labute approximate surface area is 118 Å². The molecule has 6 heteroatoms. The van der Waals surface area contributed by atoms with Crippen LogP contribution in [0.25, 0.3) is 0 Å². The molecule has 0 saturated carbocycles. The summed E-state index contributed by atoms with van der Waals surface area (Å²) < 4.78 is 0. The number of carbonyl (C=O) groups excluding carboxylic acids is 1. The molecular weight excluding hydrogens is 258 g/mol. The second-order valence-corrected chi connectivity index (χ2v) is 4.76. The van der Waals surface area contributed by atoms with E-state index in [9.17, 15) is 14.7 Å². The Balaban J connectivity index is 2.75. The number of aliphatic carboxylic acids is 1. The molecule has 0 fully saturated rings. The van der Waals surface area contributed by atoms with Crippen molar-refractivity contribution < 1.29 is 14.7 Å². The van der Waals surface area contributed by atoms with Crippen molar-refractivity contribution in [3.63, 3.8) is 0 Å². The molecule has 1 rings (SSSR count). The average Bonchev–Trinajstić information content (AvgIpc) is 2.45. The number of carbonyl (C=O) groups is 2. The molecule has 110 valence electrons. The summed E-state index contributed by atoms with van der Waals surface area (Å²) in [5.74, 6) is -1.04. The van der Waals surface area contributed by atoms with Crippen LogP contribution in [0, 0.1) is 0 Å². The van der Waals surface area contributed by atoms with Crippen molar-refractivity contribution in [3.05, 3.63) is 30.1 Å². The minimum atomic E-state index is -1.26. The molecule has 0 spiro atoms. The Morgan fingerprint density at radius 3 is 2.55 bits per heavy atom. The van der Waals surface area contributed by atoms with E-state index in [0.29, 0.717) is 19.5 Å². The zero-order chi connectivity index (χ0) is 15.2. The molecule has 0 aromatic carbocycles. The summed E-state index contributed by atoms with van der Waals surface area (Å²) in [5, 5.41) is 11.8. The van der Waals surface area contributed by atoms with Gasteiger partial charge in [-0.3, -0.25) is 4.98 Å². The van der Waals surface area contributed by atoms with Gasteiger partial charge in [-0.15, -0.1) is 0 Å². The highest BCUT2D eigenvalue weighted by atomic mass is 16.4. The van der Waals surface area contributed by atoms with Gasteiger partial charge in [0.1, 0.15) is 5.54 Å². The number of pyridine rings is 1. The highest BCUT2D eigenvalue weighted by molar-refractivity contribution is 5.85. The van der Waals surface area contributed by atoms with Crippen molar-refractivity contribution >= 4 is 12.0 Å². The maximum absolute atomic E-state index is 12.2. The fourth-order valence-electron chi connectivity index (χ4n) is 1.62. The number of urea groups is 1. The Morgan fingerprint density at radius 2 is 2.10 bits per heavy atom. The minimum Gasteiger partial charge on any atom is -0.480 e. The Hall–Kier alpha value is -2.11. The van der Waals surface area contributed by atoms with Crippen LogP contribution in [0.3, 0.4) is 0 Å². The number of hydrogen-bond donors (Lipinski definition) is 2. The molecule has 2 amide bonds. The Morgan fingerprint density at radius 1 is 1.40 bits per heavy atom. The summed E-state index contributed by atoms with van der Waals surface area (Å²) in [4.78, 5) is 29.1. The highest BCUT2D eigenvalue weighted by Crippen LogP contribution is 2.11. The van der Waals surface area contributed by atoms with Crippen molar-refractivity contribution in [1.29, 1.82) is 0 Å². The number of rotatable bonds is 6. The highest BCUT2D eigenvalue weighted by Gasteiger charge is 2.34. The van der Waals surface area contributed by atoms with Crippen LogP contribution in [-0.2, 0) is 11.3 Å². The molecule has 1 unspecified atom stereocenters. The van der Waals surface area contributed by atoms with Crippen molar-refractivity contribution in [2.75, 3.05) is 6.54 Å². The third kappa shape index (κ3) is 3.94. The summed E-state index contributed by atoms with van der Waals surface area (Å²) >= 11 is 0. The van der Waals surface area contributed by atoms with Crippen molar-refractivity contribution in [3.8, 4) is 0 Å². The Kier molecular flexibility index (Phi) is 5.49. The molecule has 1 aromatic heterocycles. The van der Waals surface area contributed by atoms with Gasteiger partial charge in [0.2, 0.25) is 0 Å². The van der Waals surface area contributed by atoms with E-state index in [-0.39, 0.29) is 0 Å². The molecular formula is C14H21N3O3. The van der Waals surface area contributed by atoms with Crippen LogP contribution in [0.1, 0.15) is 32.9 Å². The number of amides is 2. The fraction of sp³-hybridized carbons (Fsp3) is 0.500. The first-order chi connectivity index (χ1) is 9.42. The summed E-state index contributed by atoms with van der Waals surface area (Å²) in [7, 11) is 0. The number of hydrogen-bond acceptors (Lipinski definition) is 3. The first kappa shape index (κ1) is 15.9. The molecule has 0 aliphatic heterocycles. The molecule has 20 heavy (non-hydrogen) atoms. The van der Waals surface area contributed by atoms with Gasteiger partial charge in [-0.05, 0) is 32.4 Å². The second kappa shape index (κ2) is 6.88. The minimum absolute atomic E-state index is 0.315. The van der Waals surface area contributed by atoms with Gasteiger partial charge in [-0.2, -0.15) is 0 Å². The van der Waals surface area contributed by atoms with E-state index in [1.54, 1.807) is 19.2 Å². The van der Waals surface area contributed by atoms with Crippen LogP contribution in [0.2, 0.25) is 0 Å². The van der Waals surface area contributed by atoms with Gasteiger partial charge >= 0.3 is 12.0 Å². The molecule has 6 nitrogen and oxygen atoms in total. The molecule has 1 heterocycles. The number of nitrogens with zero attached hydrogens (tertiary/aromatic N) is 2. The topological polar surface area (TPSA) is 82.5 Å². The van der Waals surface area contributed by atoms with E-state index in [0.717, 1.165) is 5.69 Å². The molecule has 0 saturated heterocycles. The number of carboxylic acid groups (broad SMARTS) is 1. The molecule has 0 radical (unpaired) electrons. The summed E-state index contributed by atoms with van der Waals surface area (Å²) in [6.07, 6.45) is 1.98. The number of aromatic nitrogens is 1. The first-order valence-electron chi connectivity index (χ1n) is 6.63. The fourth-order valence-corrected chi connectivity index (χ4v) is 1.62. The maximum Gasteiger partial charge on any atom is 0.329 e. The number of nitrogens with one attached hydrogen (secondary N) is 1. The van der Waals surface area contributed by atoms with Gasteiger partial charge in [0, 0.05) is 12.7 Å². The zero-order valence-corrected chi connectivity index (χ0v) is 12.1. The van der Waals surface area contributed by atoms with Crippen LogP contribution in [0.4, 0.5) is 4.79 Å². The van der Waals surface area contributed by atoms with Gasteiger partial charge in [-0.25, -0.2) is 9.59 Å². The normalized spacial score (nSPS) is 13.3. The van der Waals surface area contributed by atoms with E-state index >= 15 is 0 Å². The predicted molar refractivity (Wildman–Crippen MR) is 75.2 cm³/mol. The maximum atomic E-state index is 12.2. The molecule has 1 aromatic rings. The van der Waals surface area contributed by atoms with Crippen molar-refractivity contribution in [2.45, 2.75) is 39.3 Å². The lowest BCUT2D eigenvalue weighted by Gasteiger charge is -2.29. The second-order valence-electron chi connectivity index (χ2n) is 4.76. The molecule has 0 aliphatic rings. The zero-order valence-electron chi connectivity index (χ0n) is 12.1. The summed E-state index contributed by atoms with van der Waals surface area (Å²) in [6.45, 7) is 5.89.